The Morgan fingerprint density at radius 3 is 2.20 bits per heavy atom. The number of hydrogen-bond donors (Lipinski definition) is 1. The van der Waals surface area contributed by atoms with Crippen LogP contribution in [0.5, 0.6) is 5.75 Å². The Bertz CT molecular complexity index is 1140. The second kappa shape index (κ2) is 11.1. The molecule has 1 heterocycles. The summed E-state index contributed by atoms with van der Waals surface area (Å²) in [5, 5.41) is 5.14. The van der Waals surface area contributed by atoms with Crippen molar-refractivity contribution in [1.29, 1.82) is 0 Å². The maximum Gasteiger partial charge on any atom is 0.341 e. The number of rotatable bonds is 9. The van der Waals surface area contributed by atoms with Crippen molar-refractivity contribution in [3.05, 3.63) is 71.1 Å². The predicted octanol–water partition coefficient (Wildman–Crippen LogP) is 7.32. The lowest BCUT2D eigenvalue weighted by Gasteiger charge is -2.33. The van der Waals surface area contributed by atoms with E-state index in [4.69, 9.17) is 9.47 Å². The predicted molar refractivity (Wildman–Crippen MR) is 143 cm³/mol. The summed E-state index contributed by atoms with van der Waals surface area (Å²) in [4.78, 5) is 25.3. The normalized spacial score (nSPS) is 11.7. The number of carbonyl (C=O) groups excluding carboxylic acids is 2. The highest BCUT2D eigenvalue weighted by atomic mass is 32.1. The summed E-state index contributed by atoms with van der Waals surface area (Å²) in [6.45, 7) is 13.1. The van der Waals surface area contributed by atoms with Gasteiger partial charge in [-0.25, -0.2) is 4.79 Å². The monoisotopic (exact) mass is 493 g/mol. The van der Waals surface area contributed by atoms with Gasteiger partial charge in [-0.15, -0.1) is 11.3 Å². The number of nitrogens with one attached hydrogen (secondary N) is 1. The highest BCUT2D eigenvalue weighted by molar-refractivity contribution is 7.15. The van der Waals surface area contributed by atoms with Gasteiger partial charge in [0.1, 0.15) is 16.3 Å². The van der Waals surface area contributed by atoms with Crippen molar-refractivity contribution in [2.45, 2.75) is 53.4 Å². The molecule has 0 aliphatic heterocycles. The fraction of sp³-hybridized carbons (Fsp3) is 0.379. The molecule has 2 aromatic carbocycles. The van der Waals surface area contributed by atoms with Crippen molar-refractivity contribution in [3.8, 4) is 16.9 Å². The van der Waals surface area contributed by atoms with E-state index in [0.717, 1.165) is 17.5 Å². The Balaban J connectivity index is 1.68. The first kappa shape index (κ1) is 26.5. The molecule has 3 aromatic rings. The Hall–Kier alpha value is -3.12. The number of carbonyl (C=O) groups is 2. The standard InChI is InChI=1S/C29H35NO4S/c1-7-33-27(32)25-23(20-11-9-8-10-12-20)18-35-26(25)30-24(31)17-34-22-15-13-21(14-16-22)29(5,6)19-28(2,3)4/h8-16,18H,7,17,19H2,1-6H3,(H,30,31). The SMILES string of the molecule is CCOC(=O)c1c(-c2ccccc2)csc1NC(=O)COc1ccc(C(C)(C)CC(C)(C)C)cc1. The lowest BCUT2D eigenvalue weighted by molar-refractivity contribution is -0.118. The van der Waals surface area contributed by atoms with Gasteiger partial charge in [0.05, 0.1) is 6.61 Å². The molecule has 0 fully saturated rings. The van der Waals surface area contributed by atoms with Gasteiger partial charge in [-0.1, -0.05) is 77.1 Å². The minimum absolute atomic E-state index is 0.0350. The summed E-state index contributed by atoms with van der Waals surface area (Å²) >= 11 is 1.30. The molecule has 6 heteroatoms. The van der Waals surface area contributed by atoms with Crippen molar-refractivity contribution in [2.75, 3.05) is 18.5 Å². The van der Waals surface area contributed by atoms with E-state index < -0.39 is 5.97 Å². The van der Waals surface area contributed by atoms with Gasteiger partial charge in [-0.2, -0.15) is 0 Å². The van der Waals surface area contributed by atoms with Crippen LogP contribution in [0.25, 0.3) is 11.1 Å². The minimum Gasteiger partial charge on any atom is -0.484 e. The van der Waals surface area contributed by atoms with Gasteiger partial charge in [0.15, 0.2) is 6.61 Å². The molecule has 0 aliphatic carbocycles. The molecule has 0 unspecified atom stereocenters. The maximum atomic E-state index is 12.7. The third-order valence-corrected chi connectivity index (χ3v) is 6.48. The second-order valence-corrected chi connectivity index (χ2v) is 11.3. The minimum atomic E-state index is -0.461. The number of anilines is 1. The van der Waals surface area contributed by atoms with Crippen LogP contribution in [0.2, 0.25) is 0 Å². The topological polar surface area (TPSA) is 64.6 Å². The Morgan fingerprint density at radius 2 is 1.60 bits per heavy atom. The van der Waals surface area contributed by atoms with Crippen LogP contribution in [0.15, 0.2) is 60.0 Å². The summed E-state index contributed by atoms with van der Waals surface area (Å²) in [6.07, 6.45) is 1.05. The quantitative estimate of drug-likeness (QED) is 0.317. The second-order valence-electron chi connectivity index (χ2n) is 10.4. The average molecular weight is 494 g/mol. The number of esters is 1. The van der Waals surface area contributed by atoms with Crippen LogP contribution in [0, 0.1) is 5.41 Å². The molecule has 35 heavy (non-hydrogen) atoms. The molecule has 0 saturated heterocycles. The van der Waals surface area contributed by atoms with E-state index in [2.05, 4.69) is 52.1 Å². The zero-order valence-corrected chi connectivity index (χ0v) is 22.3. The fourth-order valence-corrected chi connectivity index (χ4v) is 5.40. The molecule has 0 bridgehead atoms. The summed E-state index contributed by atoms with van der Waals surface area (Å²) in [5.41, 5.74) is 3.48. The summed E-state index contributed by atoms with van der Waals surface area (Å²) in [6, 6.07) is 17.5. The van der Waals surface area contributed by atoms with Crippen LogP contribution in [-0.2, 0) is 14.9 Å². The molecule has 0 spiro atoms. The van der Waals surface area contributed by atoms with Crippen LogP contribution >= 0.6 is 11.3 Å². The van der Waals surface area contributed by atoms with E-state index in [0.29, 0.717) is 16.3 Å². The van der Waals surface area contributed by atoms with Crippen molar-refractivity contribution in [1.82, 2.24) is 0 Å². The molecular formula is C29H35NO4S. The van der Waals surface area contributed by atoms with Gasteiger partial charge in [0.25, 0.3) is 5.91 Å². The number of ether oxygens (including phenoxy) is 2. The number of hydrogen-bond acceptors (Lipinski definition) is 5. The molecule has 186 valence electrons. The first-order valence-corrected chi connectivity index (χ1v) is 12.8. The van der Waals surface area contributed by atoms with Crippen LogP contribution in [0.1, 0.15) is 63.9 Å². The molecule has 1 aromatic heterocycles. The van der Waals surface area contributed by atoms with Crippen molar-refractivity contribution >= 4 is 28.2 Å². The molecule has 0 radical (unpaired) electrons. The van der Waals surface area contributed by atoms with E-state index in [1.807, 2.05) is 47.8 Å². The third-order valence-electron chi connectivity index (χ3n) is 5.59. The average Bonchev–Trinajstić information content (AvgIpc) is 3.20. The lowest BCUT2D eigenvalue weighted by atomic mass is 9.72. The smallest absolute Gasteiger partial charge is 0.341 e. The summed E-state index contributed by atoms with van der Waals surface area (Å²) < 4.78 is 11.0. The number of amides is 1. The largest absolute Gasteiger partial charge is 0.484 e. The van der Waals surface area contributed by atoms with Gasteiger partial charge >= 0.3 is 5.97 Å². The first-order valence-electron chi connectivity index (χ1n) is 11.9. The van der Waals surface area contributed by atoms with Gasteiger partial charge in [-0.05, 0) is 47.4 Å². The van der Waals surface area contributed by atoms with Crippen LogP contribution in [-0.4, -0.2) is 25.1 Å². The first-order chi connectivity index (χ1) is 16.5. The molecule has 0 saturated carbocycles. The Kier molecular flexibility index (Phi) is 8.39. The van der Waals surface area contributed by atoms with Crippen molar-refractivity contribution < 1.29 is 19.1 Å². The molecule has 0 aliphatic rings. The fourth-order valence-electron chi connectivity index (χ4n) is 4.43. The molecular weight excluding hydrogens is 458 g/mol. The number of thiophene rings is 1. The highest BCUT2D eigenvalue weighted by Crippen LogP contribution is 2.37. The molecule has 3 rings (SSSR count). The van der Waals surface area contributed by atoms with E-state index in [-0.39, 0.29) is 30.0 Å². The van der Waals surface area contributed by atoms with Crippen LogP contribution < -0.4 is 10.1 Å². The molecule has 0 atom stereocenters. The van der Waals surface area contributed by atoms with E-state index in [1.165, 1.54) is 16.9 Å². The molecule has 1 N–H and O–H groups in total. The Labute approximate surface area is 212 Å². The zero-order valence-electron chi connectivity index (χ0n) is 21.4. The van der Waals surface area contributed by atoms with Gasteiger partial charge < -0.3 is 14.8 Å². The van der Waals surface area contributed by atoms with Crippen molar-refractivity contribution in [2.24, 2.45) is 5.41 Å². The van der Waals surface area contributed by atoms with Crippen LogP contribution in [0.4, 0.5) is 5.00 Å². The van der Waals surface area contributed by atoms with Crippen molar-refractivity contribution in [3.63, 3.8) is 0 Å². The van der Waals surface area contributed by atoms with Gasteiger partial charge in [0, 0.05) is 10.9 Å². The zero-order chi connectivity index (χ0) is 25.6. The van der Waals surface area contributed by atoms with Gasteiger partial charge in [-0.3, -0.25) is 4.79 Å². The van der Waals surface area contributed by atoms with E-state index in [9.17, 15) is 9.59 Å². The lowest BCUT2D eigenvalue weighted by Crippen LogP contribution is -2.24. The summed E-state index contributed by atoms with van der Waals surface area (Å²) in [7, 11) is 0. The Morgan fingerprint density at radius 1 is 0.943 bits per heavy atom. The summed E-state index contributed by atoms with van der Waals surface area (Å²) in [5.74, 6) is -0.177. The third kappa shape index (κ3) is 7.18. The molecule has 5 nitrogen and oxygen atoms in total. The van der Waals surface area contributed by atoms with E-state index >= 15 is 0 Å². The van der Waals surface area contributed by atoms with Gasteiger partial charge in [0.2, 0.25) is 0 Å². The highest BCUT2D eigenvalue weighted by Gasteiger charge is 2.27. The van der Waals surface area contributed by atoms with E-state index in [1.54, 1.807) is 6.92 Å². The maximum absolute atomic E-state index is 12.7. The molecule has 1 amide bonds. The number of benzene rings is 2. The van der Waals surface area contributed by atoms with Crippen LogP contribution in [0.3, 0.4) is 0 Å².